The van der Waals surface area contributed by atoms with Gasteiger partial charge in [0.25, 0.3) is 5.91 Å². The number of aromatic nitrogens is 3. The fraction of sp³-hybridized carbons (Fsp3) is 0.167. The van der Waals surface area contributed by atoms with Crippen LogP contribution in [0.3, 0.4) is 0 Å². The van der Waals surface area contributed by atoms with E-state index in [1.807, 2.05) is 0 Å². The Morgan fingerprint density at radius 1 is 1.42 bits per heavy atom. The Balaban J connectivity index is 2.39. The summed E-state index contributed by atoms with van der Waals surface area (Å²) in [7, 11) is 1.57. The Morgan fingerprint density at radius 2 is 2.16 bits per heavy atom. The number of carbonyl (C=O) groups excluding carboxylic acids is 1. The van der Waals surface area contributed by atoms with E-state index in [0.29, 0.717) is 17.0 Å². The topological polar surface area (TPSA) is 111 Å². The number of hydrogen-bond donors (Lipinski definition) is 2. The Labute approximate surface area is 108 Å². The van der Waals surface area contributed by atoms with Gasteiger partial charge in [0.1, 0.15) is 0 Å². The molecule has 1 heterocycles. The number of amides is 1. The molecule has 0 unspecified atom stereocenters. The molecule has 19 heavy (non-hydrogen) atoms. The molecule has 1 aromatic heterocycles. The molecule has 1 aromatic carbocycles. The molecule has 0 radical (unpaired) electrons. The molecule has 0 fully saturated rings. The van der Waals surface area contributed by atoms with Crippen molar-refractivity contribution in [2.75, 3.05) is 0 Å². The predicted octanol–water partition coefficient (Wildman–Crippen LogP) is 0.208. The maximum atomic E-state index is 11.1. The summed E-state index contributed by atoms with van der Waals surface area (Å²) in [5.41, 5.74) is 6.44. The Bertz CT molecular complexity index is 648. The fourth-order valence-electron chi connectivity index (χ4n) is 1.72. The quantitative estimate of drug-likeness (QED) is 0.816. The van der Waals surface area contributed by atoms with Crippen LogP contribution in [0.2, 0.25) is 0 Å². The van der Waals surface area contributed by atoms with E-state index in [2.05, 4.69) is 10.1 Å². The molecule has 0 saturated carbocycles. The second kappa shape index (κ2) is 4.89. The summed E-state index contributed by atoms with van der Waals surface area (Å²) < 4.78 is 1.29. The number of carboxylic acids is 1. The van der Waals surface area contributed by atoms with E-state index in [9.17, 15) is 9.59 Å². The Morgan fingerprint density at radius 3 is 2.74 bits per heavy atom. The minimum Gasteiger partial charge on any atom is -0.481 e. The van der Waals surface area contributed by atoms with Crippen LogP contribution in [0, 0.1) is 0 Å². The van der Waals surface area contributed by atoms with E-state index in [0.717, 1.165) is 0 Å². The van der Waals surface area contributed by atoms with Crippen molar-refractivity contribution < 1.29 is 14.7 Å². The van der Waals surface area contributed by atoms with Crippen LogP contribution in [-0.4, -0.2) is 31.7 Å². The Hall–Kier alpha value is -2.70. The molecule has 7 heteroatoms. The zero-order chi connectivity index (χ0) is 14.0. The summed E-state index contributed by atoms with van der Waals surface area (Å²) in [4.78, 5) is 25.8. The van der Waals surface area contributed by atoms with Gasteiger partial charge < -0.3 is 10.8 Å². The van der Waals surface area contributed by atoms with Crippen molar-refractivity contribution in [3.63, 3.8) is 0 Å². The number of aryl methyl sites for hydroxylation is 1. The molecule has 0 aliphatic rings. The highest BCUT2D eigenvalue weighted by molar-refractivity contribution is 5.89. The van der Waals surface area contributed by atoms with Gasteiger partial charge in [-0.15, -0.1) is 0 Å². The Kier molecular flexibility index (Phi) is 3.28. The van der Waals surface area contributed by atoms with Crippen LogP contribution in [-0.2, 0) is 18.3 Å². The van der Waals surface area contributed by atoms with Crippen molar-refractivity contribution in [3.8, 4) is 11.4 Å². The molecular weight excluding hydrogens is 248 g/mol. The van der Waals surface area contributed by atoms with E-state index in [-0.39, 0.29) is 12.2 Å². The molecule has 2 aromatic rings. The first kappa shape index (κ1) is 12.7. The maximum Gasteiger partial charge on any atom is 0.307 e. The number of hydrogen-bond acceptors (Lipinski definition) is 4. The highest BCUT2D eigenvalue weighted by atomic mass is 16.4. The molecule has 7 nitrogen and oxygen atoms in total. The zero-order valence-electron chi connectivity index (χ0n) is 10.2. The number of rotatable bonds is 4. The van der Waals surface area contributed by atoms with E-state index >= 15 is 0 Å². The second-order valence-corrected chi connectivity index (χ2v) is 4.02. The zero-order valence-corrected chi connectivity index (χ0v) is 10.2. The largest absolute Gasteiger partial charge is 0.481 e. The molecule has 0 aliphatic heterocycles. The van der Waals surface area contributed by atoms with Gasteiger partial charge >= 0.3 is 5.97 Å². The third-order valence-corrected chi connectivity index (χ3v) is 2.52. The van der Waals surface area contributed by atoms with Gasteiger partial charge in [-0.05, 0) is 11.6 Å². The first-order valence-electron chi connectivity index (χ1n) is 5.49. The second-order valence-electron chi connectivity index (χ2n) is 4.02. The summed E-state index contributed by atoms with van der Waals surface area (Å²) >= 11 is 0. The molecule has 98 valence electrons. The normalized spacial score (nSPS) is 10.4. The first-order valence-corrected chi connectivity index (χ1v) is 5.49. The van der Waals surface area contributed by atoms with E-state index < -0.39 is 11.9 Å². The minimum atomic E-state index is -0.913. The molecular formula is C12H12N4O3. The van der Waals surface area contributed by atoms with Crippen molar-refractivity contribution in [2.45, 2.75) is 6.42 Å². The summed E-state index contributed by atoms with van der Waals surface area (Å²) in [5.74, 6) is -1.19. The van der Waals surface area contributed by atoms with Gasteiger partial charge in [0, 0.05) is 12.6 Å². The lowest BCUT2D eigenvalue weighted by Gasteiger charge is -1.99. The summed E-state index contributed by atoms with van der Waals surface area (Å²) in [6.07, 6.45) is -0.0800. The lowest BCUT2D eigenvalue weighted by Crippen LogP contribution is -2.16. The number of nitrogens with two attached hydrogens (primary N) is 1. The van der Waals surface area contributed by atoms with Crippen molar-refractivity contribution in [1.82, 2.24) is 14.8 Å². The van der Waals surface area contributed by atoms with Gasteiger partial charge in [0.15, 0.2) is 5.82 Å². The van der Waals surface area contributed by atoms with E-state index in [1.54, 1.807) is 31.3 Å². The highest BCUT2D eigenvalue weighted by Gasteiger charge is 2.13. The maximum absolute atomic E-state index is 11.1. The average molecular weight is 260 g/mol. The molecule has 1 amide bonds. The van der Waals surface area contributed by atoms with Crippen LogP contribution >= 0.6 is 0 Å². The first-order chi connectivity index (χ1) is 8.97. The smallest absolute Gasteiger partial charge is 0.307 e. The number of nitrogens with zero attached hydrogens (tertiary/aromatic N) is 3. The number of aliphatic carboxylic acids is 1. The van der Waals surface area contributed by atoms with Crippen LogP contribution in [0.25, 0.3) is 11.4 Å². The molecule has 0 aliphatic carbocycles. The minimum absolute atomic E-state index is 0.0543. The van der Waals surface area contributed by atoms with E-state index in [1.165, 1.54) is 4.68 Å². The summed E-state index contributed by atoms with van der Waals surface area (Å²) in [5, 5.41) is 12.8. The molecule has 0 spiro atoms. The number of benzene rings is 1. The van der Waals surface area contributed by atoms with Crippen LogP contribution in [0.15, 0.2) is 24.3 Å². The van der Waals surface area contributed by atoms with Gasteiger partial charge in [-0.3, -0.25) is 9.59 Å². The molecule has 0 atom stereocenters. The number of carboxylic acid groups (broad SMARTS) is 1. The highest BCUT2D eigenvalue weighted by Crippen LogP contribution is 2.17. The lowest BCUT2D eigenvalue weighted by atomic mass is 10.1. The predicted molar refractivity (Wildman–Crippen MR) is 66.3 cm³/mol. The standard InChI is InChI=1S/C12H12N4O3/c1-16-12(10(13)19)14-11(15-16)8-4-2-3-7(5-8)6-9(17)18/h2-5H,6H2,1H3,(H2,13,19)(H,17,18). The summed E-state index contributed by atoms with van der Waals surface area (Å²) in [6, 6.07) is 6.84. The van der Waals surface area contributed by atoms with Crippen molar-refractivity contribution >= 4 is 11.9 Å². The van der Waals surface area contributed by atoms with Crippen molar-refractivity contribution in [3.05, 3.63) is 35.7 Å². The summed E-state index contributed by atoms with van der Waals surface area (Å²) in [6.45, 7) is 0. The molecule has 3 N–H and O–H groups in total. The third-order valence-electron chi connectivity index (χ3n) is 2.52. The van der Waals surface area contributed by atoms with Crippen molar-refractivity contribution in [2.24, 2.45) is 12.8 Å². The van der Waals surface area contributed by atoms with E-state index in [4.69, 9.17) is 10.8 Å². The molecule has 2 rings (SSSR count). The van der Waals surface area contributed by atoms with Crippen LogP contribution in [0.4, 0.5) is 0 Å². The van der Waals surface area contributed by atoms with Crippen LogP contribution in [0.1, 0.15) is 16.2 Å². The fourth-order valence-corrected chi connectivity index (χ4v) is 1.72. The van der Waals surface area contributed by atoms with Gasteiger partial charge in [-0.25, -0.2) is 9.67 Å². The van der Waals surface area contributed by atoms with Gasteiger partial charge in [0.2, 0.25) is 5.82 Å². The van der Waals surface area contributed by atoms with Crippen LogP contribution < -0.4 is 5.73 Å². The monoisotopic (exact) mass is 260 g/mol. The van der Waals surface area contributed by atoms with Crippen LogP contribution in [0.5, 0.6) is 0 Å². The van der Waals surface area contributed by atoms with Gasteiger partial charge in [-0.1, -0.05) is 18.2 Å². The average Bonchev–Trinajstić information content (AvgIpc) is 2.71. The van der Waals surface area contributed by atoms with Gasteiger partial charge in [-0.2, -0.15) is 5.10 Å². The number of primary amides is 1. The number of carbonyl (C=O) groups is 2. The SMILES string of the molecule is Cn1nc(-c2cccc(CC(=O)O)c2)nc1C(N)=O. The third kappa shape index (κ3) is 2.76. The lowest BCUT2D eigenvalue weighted by molar-refractivity contribution is -0.136. The van der Waals surface area contributed by atoms with Gasteiger partial charge in [0.05, 0.1) is 6.42 Å². The molecule has 0 bridgehead atoms. The molecule has 0 saturated heterocycles. The van der Waals surface area contributed by atoms with Crippen molar-refractivity contribution in [1.29, 1.82) is 0 Å².